The number of hydrogen-bond acceptors (Lipinski definition) is 5. The lowest BCUT2D eigenvalue weighted by Crippen LogP contribution is -2.32. The molecule has 3 aromatic rings. The van der Waals surface area contributed by atoms with Crippen molar-refractivity contribution >= 4 is 11.7 Å². The molecule has 1 heterocycles. The minimum absolute atomic E-state index is 0.139. The van der Waals surface area contributed by atoms with E-state index in [1.54, 1.807) is 35.0 Å². The van der Waals surface area contributed by atoms with Gasteiger partial charge in [-0.2, -0.15) is 0 Å². The zero-order chi connectivity index (χ0) is 22.4. The minimum atomic E-state index is -0.683. The summed E-state index contributed by atoms with van der Waals surface area (Å²) in [4.78, 5) is 25.3. The van der Waals surface area contributed by atoms with Crippen LogP contribution in [0.3, 0.4) is 0 Å². The van der Waals surface area contributed by atoms with E-state index in [2.05, 4.69) is 5.32 Å². The molecule has 1 aromatic heterocycles. The third-order valence-corrected chi connectivity index (χ3v) is 4.92. The number of carbonyl (C=O) groups excluding carboxylic acids is 2. The summed E-state index contributed by atoms with van der Waals surface area (Å²) in [5.41, 5.74) is 3.26. The summed E-state index contributed by atoms with van der Waals surface area (Å²) >= 11 is 0. The second kappa shape index (κ2) is 9.84. The van der Waals surface area contributed by atoms with E-state index in [0.29, 0.717) is 35.1 Å². The SMILES string of the molecule is COc1cc(CNC(=O)C(=O)c2cccn2Cc2ccc(C)cc2)cc(OC)c1OC. The van der Waals surface area contributed by atoms with Crippen molar-refractivity contribution in [1.82, 2.24) is 9.88 Å². The fraction of sp³-hybridized carbons (Fsp3) is 0.250. The number of methoxy groups -OCH3 is 3. The van der Waals surface area contributed by atoms with Crippen LogP contribution in [-0.2, 0) is 17.9 Å². The average molecular weight is 422 g/mol. The predicted molar refractivity (Wildman–Crippen MR) is 117 cm³/mol. The second-order valence-corrected chi connectivity index (χ2v) is 7.05. The van der Waals surface area contributed by atoms with Crippen LogP contribution >= 0.6 is 0 Å². The number of ether oxygens (including phenoxy) is 3. The Hall–Kier alpha value is -3.74. The predicted octanol–water partition coefficient (Wildman–Crippen LogP) is 3.37. The molecule has 3 rings (SSSR count). The Bertz CT molecular complexity index is 1040. The van der Waals surface area contributed by atoms with Gasteiger partial charge in [-0.15, -0.1) is 0 Å². The topological polar surface area (TPSA) is 78.8 Å². The molecule has 0 radical (unpaired) electrons. The summed E-state index contributed by atoms with van der Waals surface area (Å²) in [7, 11) is 4.56. The molecule has 7 heteroatoms. The third kappa shape index (κ3) is 5.06. The average Bonchev–Trinajstić information content (AvgIpc) is 3.25. The second-order valence-electron chi connectivity index (χ2n) is 7.05. The number of aryl methyl sites for hydroxylation is 1. The van der Waals surface area contributed by atoms with Gasteiger partial charge in [-0.05, 0) is 42.3 Å². The van der Waals surface area contributed by atoms with Crippen molar-refractivity contribution in [3.05, 3.63) is 77.1 Å². The summed E-state index contributed by atoms with van der Waals surface area (Å²) in [6.45, 7) is 2.67. The minimum Gasteiger partial charge on any atom is -0.493 e. The van der Waals surface area contributed by atoms with Crippen molar-refractivity contribution in [3.8, 4) is 17.2 Å². The van der Waals surface area contributed by atoms with Gasteiger partial charge in [0.1, 0.15) is 0 Å². The quantitative estimate of drug-likeness (QED) is 0.423. The maximum absolute atomic E-state index is 12.7. The van der Waals surface area contributed by atoms with Gasteiger partial charge in [-0.25, -0.2) is 0 Å². The van der Waals surface area contributed by atoms with Gasteiger partial charge < -0.3 is 24.1 Å². The maximum atomic E-state index is 12.7. The molecule has 0 aliphatic heterocycles. The molecule has 0 saturated carbocycles. The first kappa shape index (κ1) is 22.0. The molecule has 2 aromatic carbocycles. The summed E-state index contributed by atoms with van der Waals surface area (Å²) in [6, 6.07) is 14.9. The van der Waals surface area contributed by atoms with E-state index in [1.807, 2.05) is 31.2 Å². The molecule has 1 N–H and O–H groups in total. The van der Waals surface area contributed by atoms with E-state index in [1.165, 1.54) is 26.9 Å². The van der Waals surface area contributed by atoms with Crippen molar-refractivity contribution in [2.75, 3.05) is 21.3 Å². The van der Waals surface area contributed by atoms with Crippen molar-refractivity contribution < 1.29 is 23.8 Å². The van der Waals surface area contributed by atoms with E-state index >= 15 is 0 Å². The summed E-state index contributed by atoms with van der Waals surface area (Å²) in [5, 5.41) is 2.67. The van der Waals surface area contributed by atoms with Crippen LogP contribution in [0.15, 0.2) is 54.7 Å². The van der Waals surface area contributed by atoms with Crippen molar-refractivity contribution in [2.45, 2.75) is 20.0 Å². The summed E-state index contributed by atoms with van der Waals surface area (Å²) < 4.78 is 17.7. The number of benzene rings is 2. The van der Waals surface area contributed by atoms with Gasteiger partial charge in [-0.3, -0.25) is 9.59 Å². The monoisotopic (exact) mass is 422 g/mol. The van der Waals surface area contributed by atoms with E-state index in [-0.39, 0.29) is 6.54 Å². The molecule has 0 fully saturated rings. The smallest absolute Gasteiger partial charge is 0.294 e. The number of amides is 1. The first-order valence-corrected chi connectivity index (χ1v) is 9.79. The number of nitrogens with zero attached hydrogens (tertiary/aromatic N) is 1. The molecule has 0 aliphatic rings. The number of hydrogen-bond donors (Lipinski definition) is 1. The lowest BCUT2D eigenvalue weighted by atomic mass is 10.1. The molecule has 0 atom stereocenters. The van der Waals surface area contributed by atoms with E-state index < -0.39 is 11.7 Å². The molecule has 7 nitrogen and oxygen atoms in total. The number of nitrogens with one attached hydrogen (secondary N) is 1. The first-order chi connectivity index (χ1) is 15.0. The van der Waals surface area contributed by atoms with Crippen LogP contribution in [0.5, 0.6) is 17.2 Å². The van der Waals surface area contributed by atoms with Gasteiger partial charge in [0.05, 0.1) is 27.0 Å². The molecule has 0 saturated heterocycles. The Morgan fingerprint density at radius 2 is 1.55 bits per heavy atom. The largest absolute Gasteiger partial charge is 0.493 e. The van der Waals surface area contributed by atoms with E-state index in [0.717, 1.165) is 5.56 Å². The van der Waals surface area contributed by atoms with Crippen LogP contribution in [0.1, 0.15) is 27.2 Å². The lowest BCUT2D eigenvalue weighted by Gasteiger charge is -2.14. The van der Waals surface area contributed by atoms with Crippen LogP contribution < -0.4 is 19.5 Å². The number of ketones is 1. The van der Waals surface area contributed by atoms with Gasteiger partial charge in [-0.1, -0.05) is 29.8 Å². The Morgan fingerprint density at radius 3 is 2.13 bits per heavy atom. The first-order valence-electron chi connectivity index (χ1n) is 9.79. The summed E-state index contributed by atoms with van der Waals surface area (Å²) in [5.74, 6) is 0.140. The number of aromatic nitrogens is 1. The number of Topliss-reactive ketones (excluding diaryl/α,β-unsaturated/α-hetero) is 1. The Kier molecular flexibility index (Phi) is 6.97. The number of carbonyl (C=O) groups is 2. The van der Waals surface area contributed by atoms with Gasteiger partial charge in [0, 0.05) is 19.3 Å². The van der Waals surface area contributed by atoms with Gasteiger partial charge >= 0.3 is 0 Å². The molecular weight excluding hydrogens is 396 g/mol. The van der Waals surface area contributed by atoms with Gasteiger partial charge in [0.2, 0.25) is 5.75 Å². The van der Waals surface area contributed by atoms with Crippen molar-refractivity contribution in [2.24, 2.45) is 0 Å². The highest BCUT2D eigenvalue weighted by atomic mass is 16.5. The Balaban J connectivity index is 1.70. The van der Waals surface area contributed by atoms with Crippen LogP contribution in [0.2, 0.25) is 0 Å². The van der Waals surface area contributed by atoms with Crippen LogP contribution in [0.4, 0.5) is 0 Å². The molecule has 31 heavy (non-hydrogen) atoms. The van der Waals surface area contributed by atoms with Crippen LogP contribution in [-0.4, -0.2) is 37.6 Å². The maximum Gasteiger partial charge on any atom is 0.294 e. The zero-order valence-electron chi connectivity index (χ0n) is 18.1. The fourth-order valence-electron chi connectivity index (χ4n) is 3.26. The molecular formula is C24H26N2O5. The van der Waals surface area contributed by atoms with E-state index in [9.17, 15) is 9.59 Å². The van der Waals surface area contributed by atoms with Gasteiger partial charge in [0.25, 0.3) is 11.7 Å². The lowest BCUT2D eigenvalue weighted by molar-refractivity contribution is -0.117. The van der Waals surface area contributed by atoms with Crippen LogP contribution in [0, 0.1) is 6.92 Å². The molecule has 0 aliphatic carbocycles. The molecule has 0 bridgehead atoms. The fourth-order valence-corrected chi connectivity index (χ4v) is 3.26. The molecule has 0 spiro atoms. The summed E-state index contributed by atoms with van der Waals surface area (Å²) in [6.07, 6.45) is 1.79. The van der Waals surface area contributed by atoms with E-state index in [4.69, 9.17) is 14.2 Å². The highest BCUT2D eigenvalue weighted by Gasteiger charge is 2.20. The normalized spacial score (nSPS) is 10.5. The standard InChI is InChI=1S/C24H26N2O5/c1-16-7-9-17(10-8-16)15-26-11-5-6-19(26)22(27)24(28)25-14-18-12-20(29-2)23(31-4)21(13-18)30-3/h5-13H,14-15H2,1-4H3,(H,25,28). The Labute approximate surface area is 181 Å². The molecule has 162 valence electrons. The highest BCUT2D eigenvalue weighted by Crippen LogP contribution is 2.38. The third-order valence-electron chi connectivity index (χ3n) is 4.92. The highest BCUT2D eigenvalue weighted by molar-refractivity contribution is 6.42. The van der Waals surface area contributed by atoms with Crippen molar-refractivity contribution in [1.29, 1.82) is 0 Å². The van der Waals surface area contributed by atoms with Crippen LogP contribution in [0.25, 0.3) is 0 Å². The van der Waals surface area contributed by atoms with Gasteiger partial charge in [0.15, 0.2) is 11.5 Å². The number of rotatable bonds is 9. The van der Waals surface area contributed by atoms with Crippen molar-refractivity contribution in [3.63, 3.8) is 0 Å². The molecule has 0 unspecified atom stereocenters. The zero-order valence-corrected chi connectivity index (χ0v) is 18.1. The molecule has 1 amide bonds. The Morgan fingerprint density at radius 1 is 0.903 bits per heavy atom.